The Morgan fingerprint density at radius 3 is 2.83 bits per heavy atom. The second-order valence-corrected chi connectivity index (χ2v) is 6.20. The van der Waals surface area contributed by atoms with Gasteiger partial charge in [0.2, 0.25) is 0 Å². The fourth-order valence-corrected chi connectivity index (χ4v) is 3.46. The molecule has 3 nitrogen and oxygen atoms in total. The second-order valence-electron chi connectivity index (χ2n) is 4.24. The highest BCUT2D eigenvalue weighted by atomic mass is 35.5. The maximum atomic E-state index is 6.18. The van der Waals surface area contributed by atoms with Crippen molar-refractivity contribution in [2.75, 3.05) is 28.7 Å². The third-order valence-corrected chi connectivity index (χ3v) is 4.57. The van der Waals surface area contributed by atoms with E-state index in [1.165, 1.54) is 18.6 Å². The summed E-state index contributed by atoms with van der Waals surface area (Å²) in [6.45, 7) is 2.80. The predicted molar refractivity (Wildman–Crippen MR) is 82.4 cm³/mol. The minimum absolute atomic E-state index is 0.449. The van der Waals surface area contributed by atoms with Crippen LogP contribution < -0.4 is 10.6 Å². The number of nitrogens with zero attached hydrogens (tertiary/aromatic N) is 1. The zero-order valence-corrected chi connectivity index (χ0v) is 12.6. The van der Waals surface area contributed by atoms with E-state index in [1.54, 1.807) is 6.07 Å². The molecule has 1 atom stereocenters. The second kappa shape index (κ2) is 6.73. The van der Waals surface area contributed by atoms with Crippen LogP contribution in [0.5, 0.6) is 0 Å². The van der Waals surface area contributed by atoms with Gasteiger partial charge < -0.3 is 10.6 Å². The van der Waals surface area contributed by atoms with Gasteiger partial charge >= 0.3 is 0 Å². The zero-order valence-electron chi connectivity index (χ0n) is 10.3. The first-order chi connectivity index (χ1) is 8.70. The molecule has 2 N–H and O–H groups in total. The molecule has 1 aromatic rings. The SMILES string of the molecule is CCNc1nc(NC2CCCSC2)c(Cl)cc1Cl. The Hall–Kier alpha value is -0.320. The Kier molecular flexibility index (Phi) is 5.27. The Morgan fingerprint density at radius 2 is 2.17 bits per heavy atom. The molecule has 0 aromatic carbocycles. The molecule has 0 saturated carbocycles. The number of pyridine rings is 1. The average molecular weight is 306 g/mol. The minimum Gasteiger partial charge on any atom is -0.369 e. The summed E-state index contributed by atoms with van der Waals surface area (Å²) >= 11 is 14.2. The van der Waals surface area contributed by atoms with Crippen LogP contribution in [0.25, 0.3) is 0 Å². The molecule has 0 amide bonds. The van der Waals surface area contributed by atoms with E-state index in [-0.39, 0.29) is 0 Å². The number of aromatic nitrogens is 1. The lowest BCUT2D eigenvalue weighted by atomic mass is 10.2. The van der Waals surface area contributed by atoms with Gasteiger partial charge in [-0.2, -0.15) is 11.8 Å². The third-order valence-electron chi connectivity index (χ3n) is 2.77. The minimum atomic E-state index is 0.449. The zero-order chi connectivity index (χ0) is 13.0. The summed E-state index contributed by atoms with van der Waals surface area (Å²) in [6.07, 6.45) is 2.41. The van der Waals surface area contributed by atoms with Crippen LogP contribution in [0.15, 0.2) is 6.07 Å². The van der Waals surface area contributed by atoms with Crippen molar-refractivity contribution in [3.05, 3.63) is 16.1 Å². The van der Waals surface area contributed by atoms with Crippen molar-refractivity contribution in [3.8, 4) is 0 Å². The van der Waals surface area contributed by atoms with Gasteiger partial charge in [-0.3, -0.25) is 0 Å². The van der Waals surface area contributed by atoms with Gasteiger partial charge in [0.25, 0.3) is 0 Å². The quantitative estimate of drug-likeness (QED) is 0.877. The van der Waals surface area contributed by atoms with Crippen LogP contribution in [-0.4, -0.2) is 29.1 Å². The lowest BCUT2D eigenvalue weighted by Gasteiger charge is -2.23. The Labute approximate surface area is 122 Å². The van der Waals surface area contributed by atoms with E-state index in [0.717, 1.165) is 18.1 Å². The highest BCUT2D eigenvalue weighted by molar-refractivity contribution is 7.99. The summed E-state index contributed by atoms with van der Waals surface area (Å²) < 4.78 is 0. The standard InChI is InChI=1S/C12H17Cl2N3S/c1-2-15-11-9(13)6-10(14)12(17-11)16-8-4-3-5-18-7-8/h6,8H,2-5,7H2,1H3,(H2,15,16,17). The first-order valence-corrected chi connectivity index (χ1v) is 8.06. The molecule has 1 unspecified atom stereocenters. The molecule has 1 aromatic heterocycles. The molecule has 0 spiro atoms. The van der Waals surface area contributed by atoms with Crippen LogP contribution in [0, 0.1) is 0 Å². The van der Waals surface area contributed by atoms with Crippen molar-refractivity contribution in [3.63, 3.8) is 0 Å². The van der Waals surface area contributed by atoms with E-state index in [1.807, 2.05) is 18.7 Å². The van der Waals surface area contributed by atoms with E-state index in [0.29, 0.717) is 21.9 Å². The summed E-state index contributed by atoms with van der Waals surface area (Å²) in [5.74, 6) is 3.78. The fraction of sp³-hybridized carbons (Fsp3) is 0.583. The summed E-state index contributed by atoms with van der Waals surface area (Å²) in [5, 5.41) is 7.69. The number of hydrogen-bond acceptors (Lipinski definition) is 4. The maximum Gasteiger partial charge on any atom is 0.147 e. The van der Waals surface area contributed by atoms with Crippen molar-refractivity contribution < 1.29 is 0 Å². The number of hydrogen-bond donors (Lipinski definition) is 2. The molecule has 1 aliphatic heterocycles. The number of nitrogens with one attached hydrogen (secondary N) is 2. The molecule has 100 valence electrons. The first-order valence-electron chi connectivity index (χ1n) is 6.15. The van der Waals surface area contributed by atoms with Crippen LogP contribution in [0.4, 0.5) is 11.6 Å². The lowest BCUT2D eigenvalue weighted by molar-refractivity contribution is 0.682. The molecule has 1 fully saturated rings. The van der Waals surface area contributed by atoms with E-state index in [9.17, 15) is 0 Å². The van der Waals surface area contributed by atoms with Crippen molar-refractivity contribution in [2.24, 2.45) is 0 Å². The van der Waals surface area contributed by atoms with E-state index < -0.39 is 0 Å². The van der Waals surface area contributed by atoms with Crippen LogP contribution in [-0.2, 0) is 0 Å². The lowest BCUT2D eigenvalue weighted by Crippen LogP contribution is -2.26. The third kappa shape index (κ3) is 3.59. The molecule has 0 aliphatic carbocycles. The maximum absolute atomic E-state index is 6.18. The molecule has 0 radical (unpaired) electrons. The largest absolute Gasteiger partial charge is 0.369 e. The van der Waals surface area contributed by atoms with Gasteiger partial charge in [-0.05, 0) is 31.6 Å². The van der Waals surface area contributed by atoms with Gasteiger partial charge in [0, 0.05) is 18.3 Å². The Balaban J connectivity index is 2.12. The van der Waals surface area contributed by atoms with Crippen LogP contribution >= 0.6 is 35.0 Å². The van der Waals surface area contributed by atoms with Crippen LogP contribution in [0.2, 0.25) is 10.0 Å². The summed E-state index contributed by atoms with van der Waals surface area (Å²) in [5.41, 5.74) is 0. The average Bonchev–Trinajstić information content (AvgIpc) is 2.37. The van der Waals surface area contributed by atoms with Crippen LogP contribution in [0.3, 0.4) is 0 Å². The summed E-state index contributed by atoms with van der Waals surface area (Å²) in [4.78, 5) is 4.46. The number of thioether (sulfide) groups is 1. The van der Waals surface area contributed by atoms with E-state index in [4.69, 9.17) is 23.2 Å². The van der Waals surface area contributed by atoms with Gasteiger partial charge in [0.15, 0.2) is 0 Å². The van der Waals surface area contributed by atoms with Gasteiger partial charge in [-0.15, -0.1) is 0 Å². The van der Waals surface area contributed by atoms with Gasteiger partial charge in [0.05, 0.1) is 10.0 Å². The summed E-state index contributed by atoms with van der Waals surface area (Å²) in [7, 11) is 0. The predicted octanol–water partition coefficient (Wildman–Crippen LogP) is 4.13. The van der Waals surface area contributed by atoms with Crippen molar-refractivity contribution >= 4 is 46.6 Å². The summed E-state index contributed by atoms with van der Waals surface area (Å²) in [6, 6.07) is 2.19. The van der Waals surface area contributed by atoms with E-state index in [2.05, 4.69) is 15.6 Å². The van der Waals surface area contributed by atoms with Crippen LogP contribution in [0.1, 0.15) is 19.8 Å². The van der Waals surface area contributed by atoms with E-state index >= 15 is 0 Å². The monoisotopic (exact) mass is 305 g/mol. The highest BCUT2D eigenvalue weighted by Crippen LogP contribution is 2.30. The Morgan fingerprint density at radius 1 is 1.39 bits per heavy atom. The molecule has 2 heterocycles. The van der Waals surface area contributed by atoms with Crippen molar-refractivity contribution in [1.82, 2.24) is 4.98 Å². The fourth-order valence-electron chi connectivity index (χ4n) is 1.91. The molecule has 18 heavy (non-hydrogen) atoms. The highest BCUT2D eigenvalue weighted by Gasteiger charge is 2.16. The first kappa shape index (κ1) is 14.1. The molecule has 1 aliphatic rings. The molecule has 0 bridgehead atoms. The van der Waals surface area contributed by atoms with Crippen molar-refractivity contribution in [2.45, 2.75) is 25.8 Å². The van der Waals surface area contributed by atoms with Gasteiger partial charge in [-0.25, -0.2) is 4.98 Å². The number of anilines is 2. The van der Waals surface area contributed by atoms with Crippen molar-refractivity contribution in [1.29, 1.82) is 0 Å². The normalized spacial score (nSPS) is 19.6. The molecular weight excluding hydrogens is 289 g/mol. The molecule has 6 heteroatoms. The molecular formula is C12H17Cl2N3S. The smallest absolute Gasteiger partial charge is 0.147 e. The number of rotatable bonds is 4. The molecule has 2 rings (SSSR count). The topological polar surface area (TPSA) is 37.0 Å². The molecule has 1 saturated heterocycles. The van der Waals surface area contributed by atoms with Gasteiger partial charge in [-0.1, -0.05) is 23.2 Å². The number of halogens is 2. The van der Waals surface area contributed by atoms with Gasteiger partial charge in [0.1, 0.15) is 11.6 Å². The Bertz CT molecular complexity index is 409.